The van der Waals surface area contributed by atoms with Gasteiger partial charge in [-0.05, 0) is 0 Å². The molecule has 0 spiro atoms. The summed E-state index contributed by atoms with van der Waals surface area (Å²) in [6, 6.07) is 0. The van der Waals surface area contributed by atoms with Crippen molar-refractivity contribution in [1.82, 2.24) is 0 Å². The summed E-state index contributed by atoms with van der Waals surface area (Å²) in [6.45, 7) is 0. The summed E-state index contributed by atoms with van der Waals surface area (Å²) in [7, 11) is 0.286. The number of ether oxygens (including phenoxy) is 1. The van der Waals surface area contributed by atoms with Crippen LogP contribution in [0.4, 0.5) is 0 Å². The molecule has 1 fully saturated rings. The van der Waals surface area contributed by atoms with Gasteiger partial charge in [-0.1, -0.05) is 0 Å². The van der Waals surface area contributed by atoms with Crippen LogP contribution in [0.2, 0.25) is 0 Å². The van der Waals surface area contributed by atoms with Gasteiger partial charge in [-0.15, -0.1) is 0 Å². The van der Waals surface area contributed by atoms with Gasteiger partial charge in [0.1, 0.15) is 7.80 Å². The van der Waals surface area contributed by atoms with Crippen molar-refractivity contribution in [2.75, 3.05) is 13.3 Å². The minimum Gasteiger partial charge on any atom is -0.367 e. The highest BCUT2D eigenvalue weighted by molar-refractivity contribution is 7.57. The average Bonchev–Trinajstić information content (AvgIpc) is 2.19. The molecule has 0 aromatic carbocycles. The van der Waals surface area contributed by atoms with E-state index in [2.05, 4.69) is 4.74 Å². The Bertz CT molecular complexity index is 80.9. The normalized spacial score (nSPS) is 33.8. The first-order valence-corrected chi connectivity index (χ1v) is 3.39. The average molecular weight is 105 g/mol. The van der Waals surface area contributed by atoms with E-state index in [1.807, 2.05) is 0 Å². The van der Waals surface area contributed by atoms with Crippen LogP contribution in [0.15, 0.2) is 0 Å². The van der Waals surface area contributed by atoms with E-state index in [-0.39, 0.29) is 0 Å². The molecule has 3 heteroatoms. The van der Waals surface area contributed by atoms with Crippen molar-refractivity contribution < 1.29 is 9.30 Å². The van der Waals surface area contributed by atoms with Gasteiger partial charge in [0.25, 0.3) is 0 Å². The van der Waals surface area contributed by atoms with E-state index in [1.165, 1.54) is 0 Å². The van der Waals surface area contributed by atoms with Crippen LogP contribution in [0.5, 0.6) is 0 Å². The fourth-order valence-electron chi connectivity index (χ4n) is 0.288. The molecule has 1 radical (unpaired) electrons. The van der Waals surface area contributed by atoms with Gasteiger partial charge in [-0.25, -0.2) is 0 Å². The second-order valence-corrected chi connectivity index (χ2v) is 2.98. The summed E-state index contributed by atoms with van der Waals surface area (Å²) in [5.74, 6) is 0.806. The van der Waals surface area contributed by atoms with E-state index < -0.39 is 7.80 Å². The molecule has 1 aliphatic rings. The van der Waals surface area contributed by atoms with Crippen LogP contribution < -0.4 is 0 Å². The molecule has 2 nitrogen and oxygen atoms in total. The molecule has 1 rings (SSSR count). The van der Waals surface area contributed by atoms with Crippen molar-refractivity contribution in [3.05, 3.63) is 5.85 Å². The van der Waals surface area contributed by atoms with Gasteiger partial charge in [0.2, 0.25) is 0 Å². The Morgan fingerprint density at radius 1 is 2.00 bits per heavy atom. The highest BCUT2D eigenvalue weighted by atomic mass is 31.1. The lowest BCUT2D eigenvalue weighted by molar-refractivity contribution is 0.279. The third kappa shape index (κ3) is 0.636. The summed E-state index contributed by atoms with van der Waals surface area (Å²) in [4.78, 5) is 0. The molecule has 0 aliphatic carbocycles. The number of hydrogen-bond donors (Lipinski definition) is 0. The Labute approximate surface area is 37.3 Å². The van der Waals surface area contributed by atoms with Gasteiger partial charge in [0, 0.05) is 13.3 Å². The van der Waals surface area contributed by atoms with Crippen LogP contribution in [0.1, 0.15) is 0 Å². The maximum atomic E-state index is 10.1. The first kappa shape index (κ1) is 4.35. The van der Waals surface area contributed by atoms with Crippen LogP contribution in [-0.4, -0.2) is 13.3 Å². The topological polar surface area (TPSA) is 26.3 Å². The molecular weight excluding hydrogens is 99.0 g/mol. The summed E-state index contributed by atoms with van der Waals surface area (Å²) in [5.41, 5.74) is 0. The zero-order chi connectivity index (χ0) is 4.57. The molecule has 0 bridgehead atoms. The smallest absolute Gasteiger partial charge is 0.160 e. The van der Waals surface area contributed by atoms with Crippen LogP contribution >= 0.6 is 7.80 Å². The van der Waals surface area contributed by atoms with Crippen LogP contribution in [0, 0.1) is 5.85 Å². The van der Waals surface area contributed by atoms with E-state index in [0.29, 0.717) is 0 Å². The molecule has 0 saturated carbocycles. The van der Waals surface area contributed by atoms with Crippen LogP contribution in [0.25, 0.3) is 0 Å². The fraction of sp³-hybridized carbons (Fsp3) is 0.667. The Morgan fingerprint density at radius 2 is 2.50 bits per heavy atom. The van der Waals surface area contributed by atoms with E-state index in [1.54, 1.807) is 7.11 Å². The molecule has 0 aromatic rings. The van der Waals surface area contributed by atoms with Gasteiger partial charge in [-0.3, -0.25) is 0 Å². The first-order valence-electron chi connectivity index (χ1n) is 1.77. The van der Waals surface area contributed by atoms with E-state index in [4.69, 9.17) is 0 Å². The van der Waals surface area contributed by atoms with Crippen molar-refractivity contribution in [1.29, 1.82) is 0 Å². The minimum atomic E-state index is -1.27. The largest absolute Gasteiger partial charge is 0.367 e. The lowest BCUT2D eigenvalue weighted by atomic mass is 10.9. The second kappa shape index (κ2) is 1.36. The van der Waals surface area contributed by atoms with Crippen molar-refractivity contribution in [3.63, 3.8) is 0 Å². The zero-order valence-electron chi connectivity index (χ0n) is 3.52. The van der Waals surface area contributed by atoms with Gasteiger partial charge < -0.3 is 9.30 Å². The Kier molecular flexibility index (Phi) is 0.985. The third-order valence-corrected chi connectivity index (χ3v) is 1.97. The minimum absolute atomic E-state index is 0.737. The molecule has 1 heterocycles. The van der Waals surface area contributed by atoms with E-state index in [9.17, 15) is 4.57 Å². The Balaban J connectivity index is 2.26. The highest BCUT2D eigenvalue weighted by Gasteiger charge is 2.33. The molecule has 1 aliphatic heterocycles. The molecule has 0 amide bonds. The van der Waals surface area contributed by atoms with Crippen molar-refractivity contribution in [2.24, 2.45) is 0 Å². The molecule has 1 unspecified atom stereocenters. The summed E-state index contributed by atoms with van der Waals surface area (Å²) >= 11 is 0. The number of hydrogen-bond acceptors (Lipinski definition) is 2. The molecule has 0 N–H and O–H groups in total. The Hall–Kier alpha value is 0.190. The van der Waals surface area contributed by atoms with Crippen molar-refractivity contribution >= 4 is 7.80 Å². The van der Waals surface area contributed by atoms with Gasteiger partial charge in [0.05, 0.1) is 0 Å². The third-order valence-electron chi connectivity index (χ3n) is 0.754. The number of methoxy groups -OCH3 is 1. The van der Waals surface area contributed by atoms with Crippen molar-refractivity contribution in [3.8, 4) is 0 Å². The second-order valence-electron chi connectivity index (χ2n) is 1.23. The maximum Gasteiger partial charge on any atom is 0.160 e. The molecule has 6 heavy (non-hydrogen) atoms. The molecule has 35 valence electrons. The Morgan fingerprint density at radius 3 is 2.50 bits per heavy atom. The quantitative estimate of drug-likeness (QED) is 0.458. The van der Waals surface area contributed by atoms with E-state index in [0.717, 1.165) is 12.0 Å². The molecule has 0 aromatic heterocycles. The summed E-state index contributed by atoms with van der Waals surface area (Å²) in [6.07, 6.45) is 0.737. The first-order chi connectivity index (χ1) is 2.84. The van der Waals surface area contributed by atoms with Crippen LogP contribution in [0.3, 0.4) is 0 Å². The zero-order valence-corrected chi connectivity index (χ0v) is 4.52. The predicted octanol–water partition coefficient (Wildman–Crippen LogP) is 0.696. The summed E-state index contributed by atoms with van der Waals surface area (Å²) in [5, 5.41) is 0. The molecular formula is C3H6O2P. The summed E-state index contributed by atoms with van der Waals surface area (Å²) < 4.78 is 14.8. The molecule has 1 atom stereocenters. The molecule has 1 saturated heterocycles. The van der Waals surface area contributed by atoms with Gasteiger partial charge in [-0.2, -0.15) is 0 Å². The van der Waals surface area contributed by atoms with Gasteiger partial charge >= 0.3 is 0 Å². The SMILES string of the molecule is CO[C]1C[PH]1=O. The number of rotatable bonds is 1. The fourth-order valence-corrected chi connectivity index (χ4v) is 1.08. The van der Waals surface area contributed by atoms with Crippen molar-refractivity contribution in [2.45, 2.75) is 0 Å². The maximum absolute atomic E-state index is 10.1. The lowest BCUT2D eigenvalue weighted by Gasteiger charge is -1.77. The predicted molar refractivity (Wildman–Crippen MR) is 24.1 cm³/mol. The standard InChI is InChI=1S/C3H6O2P/c1-5-3-2-6(3)4/h6H,2H2,1H3. The van der Waals surface area contributed by atoms with E-state index >= 15 is 0 Å². The van der Waals surface area contributed by atoms with Crippen LogP contribution in [-0.2, 0) is 9.30 Å². The lowest BCUT2D eigenvalue weighted by Crippen LogP contribution is -1.70. The van der Waals surface area contributed by atoms with Gasteiger partial charge in [0.15, 0.2) is 5.85 Å². The highest BCUT2D eigenvalue weighted by Crippen LogP contribution is 2.54. The monoisotopic (exact) mass is 105 g/mol.